The summed E-state index contributed by atoms with van der Waals surface area (Å²) in [4.78, 5) is 11.7. The van der Waals surface area contributed by atoms with Gasteiger partial charge in [0.25, 0.3) is 5.91 Å². The molecule has 1 heterocycles. The summed E-state index contributed by atoms with van der Waals surface area (Å²) < 4.78 is 1.59. The van der Waals surface area contributed by atoms with Crippen molar-refractivity contribution >= 4 is 11.7 Å². The minimum Gasteiger partial charge on any atom is -0.384 e. The second kappa shape index (κ2) is 3.92. The fourth-order valence-electron chi connectivity index (χ4n) is 1.20. The number of anilines is 1. The number of hydrogen-bond donors (Lipinski definition) is 2. The molecule has 0 aliphatic heterocycles. The summed E-state index contributed by atoms with van der Waals surface area (Å²) in [5.41, 5.74) is 5.78. The van der Waals surface area contributed by atoms with Gasteiger partial charge in [0.05, 0.1) is 0 Å². The number of hydrogen-bond acceptors (Lipinski definition) is 3. The summed E-state index contributed by atoms with van der Waals surface area (Å²) >= 11 is 0. The van der Waals surface area contributed by atoms with Crippen molar-refractivity contribution in [3.8, 4) is 0 Å². The molecule has 0 unspecified atom stereocenters. The zero-order chi connectivity index (χ0) is 11.6. The van der Waals surface area contributed by atoms with Crippen molar-refractivity contribution in [1.29, 1.82) is 0 Å². The first kappa shape index (κ1) is 11.6. The molecule has 0 atom stereocenters. The van der Waals surface area contributed by atoms with Crippen molar-refractivity contribution in [1.82, 2.24) is 15.1 Å². The lowest BCUT2D eigenvalue weighted by Gasteiger charge is -2.19. The van der Waals surface area contributed by atoms with E-state index < -0.39 is 0 Å². The molecule has 0 spiro atoms. The molecule has 0 radical (unpaired) electrons. The van der Waals surface area contributed by atoms with Gasteiger partial charge >= 0.3 is 0 Å². The van der Waals surface area contributed by atoms with Gasteiger partial charge in [-0.2, -0.15) is 5.10 Å². The van der Waals surface area contributed by atoms with Gasteiger partial charge < -0.3 is 11.1 Å². The van der Waals surface area contributed by atoms with Crippen LogP contribution < -0.4 is 11.1 Å². The van der Waals surface area contributed by atoms with Crippen LogP contribution >= 0.6 is 0 Å². The molecule has 1 rings (SSSR count). The first-order chi connectivity index (χ1) is 6.83. The third kappa shape index (κ3) is 2.97. The Hall–Kier alpha value is -1.52. The highest BCUT2D eigenvalue weighted by atomic mass is 16.2. The summed E-state index contributed by atoms with van der Waals surface area (Å²) in [6, 6.07) is 1.59. The van der Waals surface area contributed by atoms with E-state index in [9.17, 15) is 4.79 Å². The summed E-state index contributed by atoms with van der Waals surface area (Å²) in [5, 5.41) is 6.92. The number of nitrogens with zero attached hydrogens (tertiary/aromatic N) is 2. The largest absolute Gasteiger partial charge is 0.384 e. The molecule has 0 aliphatic rings. The van der Waals surface area contributed by atoms with Crippen LogP contribution in [0.4, 0.5) is 5.82 Å². The quantitative estimate of drug-likeness (QED) is 0.765. The first-order valence-electron chi connectivity index (χ1n) is 4.99. The first-order valence-corrected chi connectivity index (χ1v) is 4.99. The van der Waals surface area contributed by atoms with Crippen LogP contribution in [0.25, 0.3) is 0 Å². The third-order valence-corrected chi connectivity index (χ3v) is 1.83. The molecule has 84 valence electrons. The van der Waals surface area contributed by atoms with Crippen LogP contribution in [0.2, 0.25) is 0 Å². The van der Waals surface area contributed by atoms with Crippen molar-refractivity contribution < 1.29 is 4.79 Å². The van der Waals surface area contributed by atoms with Gasteiger partial charge in [0.2, 0.25) is 0 Å². The van der Waals surface area contributed by atoms with E-state index in [0.717, 1.165) is 0 Å². The van der Waals surface area contributed by atoms with E-state index in [4.69, 9.17) is 5.73 Å². The number of rotatable bonds is 2. The van der Waals surface area contributed by atoms with Crippen LogP contribution in [-0.4, -0.2) is 21.2 Å². The lowest BCUT2D eigenvalue weighted by Crippen LogP contribution is -2.40. The Labute approximate surface area is 89.6 Å². The van der Waals surface area contributed by atoms with Crippen molar-refractivity contribution in [2.24, 2.45) is 0 Å². The monoisotopic (exact) mass is 210 g/mol. The Kier molecular flexibility index (Phi) is 3.02. The van der Waals surface area contributed by atoms with Crippen molar-refractivity contribution in [3.63, 3.8) is 0 Å². The maximum Gasteiger partial charge on any atom is 0.272 e. The second-order valence-corrected chi connectivity index (χ2v) is 4.47. The number of nitrogen functional groups attached to an aromatic ring is 1. The summed E-state index contributed by atoms with van der Waals surface area (Å²) in [5.74, 6) is 0.318. The molecule has 0 aromatic carbocycles. The van der Waals surface area contributed by atoms with Gasteiger partial charge in [-0.25, -0.2) is 4.68 Å². The average Bonchev–Trinajstić information content (AvgIpc) is 2.43. The highest BCUT2D eigenvalue weighted by Crippen LogP contribution is 2.08. The summed E-state index contributed by atoms with van der Waals surface area (Å²) in [6.07, 6.45) is 0. The molecule has 5 nitrogen and oxygen atoms in total. The van der Waals surface area contributed by atoms with Crippen LogP contribution in [-0.2, 0) is 6.54 Å². The van der Waals surface area contributed by atoms with Crippen LogP contribution in [0, 0.1) is 0 Å². The van der Waals surface area contributed by atoms with E-state index >= 15 is 0 Å². The fourth-order valence-corrected chi connectivity index (χ4v) is 1.20. The molecule has 0 saturated heterocycles. The topological polar surface area (TPSA) is 72.9 Å². The molecule has 3 N–H and O–H groups in total. The zero-order valence-corrected chi connectivity index (χ0v) is 9.66. The molecule has 0 aliphatic carbocycles. The van der Waals surface area contributed by atoms with Crippen LogP contribution in [0.1, 0.15) is 38.2 Å². The molecule has 0 fully saturated rings. The third-order valence-electron chi connectivity index (χ3n) is 1.83. The lowest BCUT2D eigenvalue weighted by atomic mass is 10.1. The normalized spacial score (nSPS) is 11.5. The predicted molar refractivity (Wildman–Crippen MR) is 59.5 cm³/mol. The second-order valence-electron chi connectivity index (χ2n) is 4.47. The molecule has 15 heavy (non-hydrogen) atoms. The summed E-state index contributed by atoms with van der Waals surface area (Å²) in [7, 11) is 0. The van der Waals surface area contributed by atoms with Gasteiger partial charge in [0, 0.05) is 18.2 Å². The SMILES string of the molecule is CCn1nc(C(=O)NC(C)(C)C)cc1N. The molecular weight excluding hydrogens is 192 g/mol. The number of aryl methyl sites for hydroxylation is 1. The van der Waals surface area contributed by atoms with Gasteiger partial charge in [0.15, 0.2) is 5.69 Å². The van der Waals surface area contributed by atoms with Gasteiger partial charge in [-0.15, -0.1) is 0 Å². The predicted octanol–water partition coefficient (Wildman–Crippen LogP) is 1.01. The Morgan fingerprint density at radius 2 is 2.20 bits per heavy atom. The number of carbonyl (C=O) groups excluding carboxylic acids is 1. The van der Waals surface area contributed by atoms with E-state index in [1.54, 1.807) is 10.7 Å². The Morgan fingerprint density at radius 3 is 2.60 bits per heavy atom. The number of nitrogens with two attached hydrogens (primary N) is 1. The fraction of sp³-hybridized carbons (Fsp3) is 0.600. The molecule has 5 heteroatoms. The van der Waals surface area contributed by atoms with Gasteiger partial charge in [-0.3, -0.25) is 4.79 Å². The minimum atomic E-state index is -0.262. The number of nitrogens with one attached hydrogen (secondary N) is 1. The zero-order valence-electron chi connectivity index (χ0n) is 9.66. The minimum absolute atomic E-state index is 0.193. The van der Waals surface area contributed by atoms with Gasteiger partial charge in [-0.1, -0.05) is 0 Å². The van der Waals surface area contributed by atoms with E-state index in [1.165, 1.54) is 0 Å². The van der Waals surface area contributed by atoms with E-state index in [1.807, 2.05) is 27.7 Å². The molecular formula is C10H18N4O. The van der Waals surface area contributed by atoms with E-state index in [0.29, 0.717) is 18.1 Å². The van der Waals surface area contributed by atoms with Crippen molar-refractivity contribution in [2.75, 3.05) is 5.73 Å². The molecule has 1 aromatic rings. The van der Waals surface area contributed by atoms with Crippen molar-refractivity contribution in [3.05, 3.63) is 11.8 Å². The number of amides is 1. The number of carbonyl (C=O) groups is 1. The van der Waals surface area contributed by atoms with Gasteiger partial charge in [0.1, 0.15) is 5.82 Å². The Morgan fingerprint density at radius 1 is 1.60 bits per heavy atom. The van der Waals surface area contributed by atoms with Crippen molar-refractivity contribution in [2.45, 2.75) is 39.8 Å². The molecule has 1 amide bonds. The highest BCUT2D eigenvalue weighted by Gasteiger charge is 2.18. The average molecular weight is 210 g/mol. The van der Waals surface area contributed by atoms with Crippen LogP contribution in [0.15, 0.2) is 6.07 Å². The van der Waals surface area contributed by atoms with Gasteiger partial charge in [-0.05, 0) is 27.7 Å². The lowest BCUT2D eigenvalue weighted by molar-refractivity contribution is 0.0913. The summed E-state index contributed by atoms with van der Waals surface area (Å²) in [6.45, 7) is 8.35. The van der Waals surface area contributed by atoms with E-state index in [-0.39, 0.29) is 11.4 Å². The maximum absolute atomic E-state index is 11.7. The Balaban J connectivity index is 2.83. The molecule has 0 bridgehead atoms. The molecule has 1 aromatic heterocycles. The highest BCUT2D eigenvalue weighted by molar-refractivity contribution is 5.93. The van der Waals surface area contributed by atoms with E-state index in [2.05, 4.69) is 10.4 Å². The van der Waals surface area contributed by atoms with Crippen LogP contribution in [0.5, 0.6) is 0 Å². The molecule has 0 saturated carbocycles. The Bertz CT molecular complexity index is 362. The standard InChI is InChI=1S/C10H18N4O/c1-5-14-8(11)6-7(13-14)9(15)12-10(2,3)4/h6H,5,11H2,1-4H3,(H,12,15). The smallest absolute Gasteiger partial charge is 0.272 e. The number of aromatic nitrogens is 2. The van der Waals surface area contributed by atoms with Crippen LogP contribution in [0.3, 0.4) is 0 Å². The maximum atomic E-state index is 11.7.